The van der Waals surface area contributed by atoms with Gasteiger partial charge in [0.05, 0.1) is 13.0 Å². The zero-order valence-corrected chi connectivity index (χ0v) is 10.3. The Morgan fingerprint density at radius 1 is 1.29 bits per heavy atom. The quantitative estimate of drug-likeness (QED) is 0.632. The van der Waals surface area contributed by atoms with Gasteiger partial charge in [0.15, 0.2) is 6.10 Å². The number of hydrogen-bond donors (Lipinski definition) is 1. The summed E-state index contributed by atoms with van der Waals surface area (Å²) < 4.78 is 9.59. The van der Waals surface area contributed by atoms with Crippen molar-refractivity contribution in [3.63, 3.8) is 0 Å². The van der Waals surface area contributed by atoms with E-state index in [9.17, 15) is 14.4 Å². The van der Waals surface area contributed by atoms with Crippen molar-refractivity contribution in [1.82, 2.24) is 0 Å². The van der Waals surface area contributed by atoms with Gasteiger partial charge < -0.3 is 14.6 Å². The van der Waals surface area contributed by atoms with E-state index < -0.39 is 24.0 Å². The van der Waals surface area contributed by atoms with E-state index in [1.165, 1.54) is 14.0 Å². The van der Waals surface area contributed by atoms with Crippen molar-refractivity contribution in [3.8, 4) is 0 Å². The summed E-state index contributed by atoms with van der Waals surface area (Å²) in [4.78, 5) is 32.8. The first-order chi connectivity index (χ1) is 7.88. The molecule has 6 heteroatoms. The van der Waals surface area contributed by atoms with Crippen molar-refractivity contribution in [2.75, 3.05) is 13.7 Å². The van der Waals surface area contributed by atoms with Crippen molar-refractivity contribution < 1.29 is 29.0 Å². The molecule has 0 amide bonds. The molecule has 0 saturated carbocycles. The zero-order chi connectivity index (χ0) is 13.4. The highest BCUT2D eigenvalue weighted by Crippen LogP contribution is 2.10. The molecule has 0 heterocycles. The first kappa shape index (κ1) is 15.6. The fourth-order valence-corrected chi connectivity index (χ4v) is 1.18. The van der Waals surface area contributed by atoms with Gasteiger partial charge in [0.1, 0.15) is 5.78 Å². The molecule has 0 aliphatic carbocycles. The van der Waals surface area contributed by atoms with Gasteiger partial charge in [-0.3, -0.25) is 9.59 Å². The lowest BCUT2D eigenvalue weighted by molar-refractivity contribution is -0.155. The topological polar surface area (TPSA) is 89.9 Å². The lowest BCUT2D eigenvalue weighted by Gasteiger charge is -2.13. The van der Waals surface area contributed by atoms with Crippen molar-refractivity contribution in [1.29, 1.82) is 0 Å². The van der Waals surface area contributed by atoms with E-state index in [1.807, 2.05) is 0 Å². The number of hydrogen-bond acceptors (Lipinski definition) is 5. The van der Waals surface area contributed by atoms with Gasteiger partial charge in [0, 0.05) is 13.0 Å². The average Bonchev–Trinajstić information content (AvgIpc) is 2.25. The maximum absolute atomic E-state index is 11.2. The SMILES string of the molecule is COC(C)C(=O)OCCC(CC(=O)O)C(C)=O. The number of rotatable bonds is 8. The third kappa shape index (κ3) is 6.68. The maximum Gasteiger partial charge on any atom is 0.334 e. The van der Waals surface area contributed by atoms with Crippen LogP contribution in [0, 0.1) is 5.92 Å². The molecule has 0 aliphatic heterocycles. The van der Waals surface area contributed by atoms with Crippen LogP contribution in [0.5, 0.6) is 0 Å². The van der Waals surface area contributed by atoms with E-state index in [0.29, 0.717) is 0 Å². The van der Waals surface area contributed by atoms with Gasteiger partial charge in [-0.2, -0.15) is 0 Å². The van der Waals surface area contributed by atoms with Crippen LogP contribution >= 0.6 is 0 Å². The Morgan fingerprint density at radius 3 is 2.29 bits per heavy atom. The molecule has 0 spiro atoms. The Hall–Kier alpha value is -1.43. The molecule has 17 heavy (non-hydrogen) atoms. The molecule has 0 radical (unpaired) electrons. The summed E-state index contributed by atoms with van der Waals surface area (Å²) in [6.07, 6.45) is -0.693. The minimum absolute atomic E-state index is 0.0179. The van der Waals surface area contributed by atoms with E-state index >= 15 is 0 Å². The summed E-state index contributed by atoms with van der Waals surface area (Å²) in [5.74, 6) is -2.40. The van der Waals surface area contributed by atoms with E-state index in [1.54, 1.807) is 6.92 Å². The Morgan fingerprint density at radius 2 is 1.88 bits per heavy atom. The van der Waals surface area contributed by atoms with Gasteiger partial charge in [-0.1, -0.05) is 0 Å². The number of Topliss-reactive ketones (excluding diaryl/α,β-unsaturated/α-hetero) is 1. The lowest BCUT2D eigenvalue weighted by atomic mass is 9.98. The molecule has 2 unspecified atom stereocenters. The number of esters is 1. The van der Waals surface area contributed by atoms with Crippen LogP contribution < -0.4 is 0 Å². The molecule has 0 saturated heterocycles. The molecular formula is C11H18O6. The molecule has 0 fully saturated rings. The Balaban J connectivity index is 4.02. The molecule has 0 rings (SSSR count). The van der Waals surface area contributed by atoms with Gasteiger partial charge >= 0.3 is 11.9 Å². The third-order valence-corrected chi connectivity index (χ3v) is 2.39. The number of methoxy groups -OCH3 is 1. The van der Waals surface area contributed by atoms with Crippen LogP contribution in [-0.2, 0) is 23.9 Å². The molecule has 0 bridgehead atoms. The average molecular weight is 246 g/mol. The first-order valence-corrected chi connectivity index (χ1v) is 5.30. The number of ketones is 1. The molecular weight excluding hydrogens is 228 g/mol. The predicted octanol–water partition coefficient (Wildman–Crippen LogP) is 0.634. The Bertz CT molecular complexity index is 286. The van der Waals surface area contributed by atoms with Crippen LogP contribution in [0.2, 0.25) is 0 Å². The van der Waals surface area contributed by atoms with Crippen LogP contribution in [0.4, 0.5) is 0 Å². The van der Waals surface area contributed by atoms with Crippen LogP contribution in [0.3, 0.4) is 0 Å². The summed E-state index contributed by atoms with van der Waals surface area (Å²) in [6.45, 7) is 2.89. The second kappa shape index (κ2) is 7.78. The largest absolute Gasteiger partial charge is 0.481 e. The van der Waals surface area contributed by atoms with Crippen LogP contribution in [0.15, 0.2) is 0 Å². The molecule has 98 valence electrons. The lowest BCUT2D eigenvalue weighted by Crippen LogP contribution is -2.24. The van der Waals surface area contributed by atoms with E-state index in [0.717, 1.165) is 0 Å². The van der Waals surface area contributed by atoms with E-state index in [-0.39, 0.29) is 25.2 Å². The van der Waals surface area contributed by atoms with Crippen LogP contribution in [-0.4, -0.2) is 42.6 Å². The highest BCUT2D eigenvalue weighted by Gasteiger charge is 2.19. The van der Waals surface area contributed by atoms with Gasteiger partial charge in [-0.15, -0.1) is 0 Å². The van der Waals surface area contributed by atoms with Crippen molar-refractivity contribution in [2.24, 2.45) is 5.92 Å². The summed E-state index contributed by atoms with van der Waals surface area (Å²) in [5.41, 5.74) is 0. The molecule has 1 N–H and O–H groups in total. The monoisotopic (exact) mass is 246 g/mol. The van der Waals surface area contributed by atoms with Crippen molar-refractivity contribution in [3.05, 3.63) is 0 Å². The summed E-state index contributed by atoms with van der Waals surface area (Å²) >= 11 is 0. The van der Waals surface area contributed by atoms with Gasteiger partial charge in [-0.25, -0.2) is 4.79 Å². The number of carbonyl (C=O) groups excluding carboxylic acids is 2. The fraction of sp³-hybridized carbons (Fsp3) is 0.727. The first-order valence-electron chi connectivity index (χ1n) is 5.30. The number of aliphatic carboxylic acids is 1. The fourth-order valence-electron chi connectivity index (χ4n) is 1.18. The summed E-state index contributed by atoms with van der Waals surface area (Å²) in [5, 5.41) is 8.59. The maximum atomic E-state index is 11.2. The second-order valence-electron chi connectivity index (χ2n) is 3.74. The van der Waals surface area contributed by atoms with Gasteiger partial charge in [0.2, 0.25) is 0 Å². The molecule has 0 aromatic rings. The number of carbonyl (C=O) groups is 3. The Kier molecular flexibility index (Phi) is 7.13. The van der Waals surface area contributed by atoms with Crippen molar-refractivity contribution in [2.45, 2.75) is 32.8 Å². The molecule has 2 atom stereocenters. The van der Waals surface area contributed by atoms with Crippen LogP contribution in [0.25, 0.3) is 0 Å². The smallest absolute Gasteiger partial charge is 0.334 e. The zero-order valence-electron chi connectivity index (χ0n) is 10.3. The summed E-state index contributed by atoms with van der Waals surface area (Å²) in [7, 11) is 1.38. The van der Waals surface area contributed by atoms with Gasteiger partial charge in [0.25, 0.3) is 0 Å². The molecule has 6 nitrogen and oxygen atoms in total. The molecule has 0 aliphatic rings. The standard InChI is InChI=1S/C11H18O6/c1-7(12)9(6-10(13)14)4-5-17-11(15)8(2)16-3/h8-9H,4-6H2,1-3H3,(H,13,14). The molecule has 0 aromatic heterocycles. The highest BCUT2D eigenvalue weighted by molar-refractivity contribution is 5.82. The minimum atomic E-state index is -1.04. The number of carboxylic acids is 1. The van der Waals surface area contributed by atoms with E-state index in [4.69, 9.17) is 14.6 Å². The number of carboxylic acid groups (broad SMARTS) is 1. The predicted molar refractivity (Wildman–Crippen MR) is 58.5 cm³/mol. The summed E-state index contributed by atoms with van der Waals surface area (Å²) in [6, 6.07) is 0. The Labute approximate surface area is 99.9 Å². The minimum Gasteiger partial charge on any atom is -0.481 e. The number of ether oxygens (including phenoxy) is 2. The highest BCUT2D eigenvalue weighted by atomic mass is 16.6. The van der Waals surface area contributed by atoms with Gasteiger partial charge in [-0.05, 0) is 20.3 Å². The normalized spacial score (nSPS) is 13.8. The second-order valence-corrected chi connectivity index (χ2v) is 3.74. The molecule has 0 aromatic carbocycles. The van der Waals surface area contributed by atoms with E-state index in [2.05, 4.69) is 0 Å². The van der Waals surface area contributed by atoms with Crippen molar-refractivity contribution >= 4 is 17.7 Å². The van der Waals surface area contributed by atoms with Crippen LogP contribution in [0.1, 0.15) is 26.7 Å². The third-order valence-electron chi connectivity index (χ3n) is 2.39.